The minimum absolute atomic E-state index is 0.210. The van der Waals surface area contributed by atoms with E-state index in [1.807, 2.05) is 13.8 Å². The number of benzene rings is 1. The van der Waals surface area contributed by atoms with E-state index in [2.05, 4.69) is 0 Å². The van der Waals surface area contributed by atoms with Gasteiger partial charge >= 0.3 is 0 Å². The van der Waals surface area contributed by atoms with Crippen molar-refractivity contribution in [3.63, 3.8) is 0 Å². The molecule has 0 atom stereocenters. The Bertz CT molecular complexity index is 524. The SMILES string of the molecule is CCOc1cc2c(cc1OCC)N(C(C)=O)C(=O)C2. The summed E-state index contributed by atoms with van der Waals surface area (Å²) in [6.07, 6.45) is 0.224. The van der Waals surface area contributed by atoms with Crippen LogP contribution in [-0.2, 0) is 16.0 Å². The summed E-state index contributed by atoms with van der Waals surface area (Å²) in [5, 5.41) is 0. The van der Waals surface area contributed by atoms with Gasteiger partial charge < -0.3 is 9.47 Å². The molecular weight excluding hydrogens is 246 g/mol. The Hall–Kier alpha value is -2.04. The van der Waals surface area contributed by atoms with Crippen LogP contribution in [0, 0.1) is 0 Å². The highest BCUT2D eigenvalue weighted by Crippen LogP contribution is 2.39. The first kappa shape index (κ1) is 13.4. The van der Waals surface area contributed by atoms with Gasteiger partial charge in [-0.3, -0.25) is 14.5 Å². The van der Waals surface area contributed by atoms with Gasteiger partial charge in [0.1, 0.15) is 0 Å². The van der Waals surface area contributed by atoms with E-state index in [0.29, 0.717) is 30.4 Å². The second-order valence-electron chi connectivity index (χ2n) is 4.22. The number of imide groups is 1. The average molecular weight is 263 g/mol. The van der Waals surface area contributed by atoms with Crippen molar-refractivity contribution in [1.82, 2.24) is 0 Å². The highest BCUT2D eigenvalue weighted by atomic mass is 16.5. The highest BCUT2D eigenvalue weighted by Gasteiger charge is 2.32. The van der Waals surface area contributed by atoms with Crippen molar-refractivity contribution in [2.45, 2.75) is 27.2 Å². The minimum atomic E-state index is -0.282. The van der Waals surface area contributed by atoms with Crippen LogP contribution in [0.2, 0.25) is 0 Å². The lowest BCUT2D eigenvalue weighted by molar-refractivity contribution is -0.124. The van der Waals surface area contributed by atoms with Crippen molar-refractivity contribution < 1.29 is 19.1 Å². The lowest BCUT2D eigenvalue weighted by Crippen LogP contribution is -2.31. The summed E-state index contributed by atoms with van der Waals surface area (Å²) in [5.41, 5.74) is 1.40. The van der Waals surface area contributed by atoms with E-state index >= 15 is 0 Å². The maximum Gasteiger partial charge on any atom is 0.238 e. The number of amides is 2. The molecule has 0 saturated carbocycles. The van der Waals surface area contributed by atoms with Crippen molar-refractivity contribution in [3.8, 4) is 11.5 Å². The molecule has 5 nitrogen and oxygen atoms in total. The van der Waals surface area contributed by atoms with E-state index in [0.717, 1.165) is 5.56 Å². The number of carbonyl (C=O) groups excluding carboxylic acids is 2. The Morgan fingerprint density at radius 3 is 2.32 bits per heavy atom. The maximum atomic E-state index is 11.8. The maximum absolute atomic E-state index is 11.8. The van der Waals surface area contributed by atoms with E-state index in [-0.39, 0.29) is 18.2 Å². The second-order valence-corrected chi connectivity index (χ2v) is 4.22. The number of hydrogen-bond donors (Lipinski definition) is 0. The van der Waals surface area contributed by atoms with Gasteiger partial charge in [0.05, 0.1) is 25.3 Å². The third kappa shape index (κ3) is 2.41. The van der Waals surface area contributed by atoms with Gasteiger partial charge in [0, 0.05) is 13.0 Å². The van der Waals surface area contributed by atoms with Crippen LogP contribution in [0.25, 0.3) is 0 Å². The second kappa shape index (κ2) is 5.30. The molecule has 2 rings (SSSR count). The summed E-state index contributed by atoms with van der Waals surface area (Å²) in [5.74, 6) is 0.680. The predicted molar refractivity (Wildman–Crippen MR) is 70.7 cm³/mol. The van der Waals surface area contributed by atoms with E-state index in [1.165, 1.54) is 11.8 Å². The molecule has 0 spiro atoms. The summed E-state index contributed by atoms with van der Waals surface area (Å²) >= 11 is 0. The van der Waals surface area contributed by atoms with Gasteiger partial charge in [-0.15, -0.1) is 0 Å². The van der Waals surface area contributed by atoms with Gasteiger partial charge in [0.25, 0.3) is 0 Å². The lowest BCUT2D eigenvalue weighted by Gasteiger charge is -2.16. The molecule has 1 heterocycles. The first-order chi connectivity index (χ1) is 9.08. The zero-order valence-corrected chi connectivity index (χ0v) is 11.4. The Morgan fingerprint density at radius 2 is 1.79 bits per heavy atom. The predicted octanol–water partition coefficient (Wildman–Crippen LogP) is 1.92. The summed E-state index contributed by atoms with van der Waals surface area (Å²) in [4.78, 5) is 24.6. The molecule has 1 aliphatic heterocycles. The summed E-state index contributed by atoms with van der Waals surface area (Å²) in [7, 11) is 0. The first-order valence-electron chi connectivity index (χ1n) is 6.34. The fraction of sp³-hybridized carbons (Fsp3) is 0.429. The topological polar surface area (TPSA) is 55.8 Å². The summed E-state index contributed by atoms with van der Waals surface area (Å²) < 4.78 is 11.0. The van der Waals surface area contributed by atoms with Gasteiger partial charge in [-0.1, -0.05) is 0 Å². The highest BCUT2D eigenvalue weighted by molar-refractivity contribution is 6.18. The van der Waals surface area contributed by atoms with Gasteiger partial charge in [-0.25, -0.2) is 0 Å². The van der Waals surface area contributed by atoms with Gasteiger partial charge in [-0.2, -0.15) is 0 Å². The van der Waals surface area contributed by atoms with Crippen molar-refractivity contribution in [3.05, 3.63) is 17.7 Å². The van der Waals surface area contributed by atoms with Gasteiger partial charge in [0.2, 0.25) is 11.8 Å². The number of rotatable bonds is 4. The Balaban J connectivity index is 2.48. The quantitative estimate of drug-likeness (QED) is 0.832. The van der Waals surface area contributed by atoms with E-state index in [4.69, 9.17) is 9.47 Å². The molecule has 102 valence electrons. The molecule has 1 aliphatic rings. The van der Waals surface area contributed by atoms with Crippen LogP contribution in [0.15, 0.2) is 12.1 Å². The molecule has 5 heteroatoms. The smallest absolute Gasteiger partial charge is 0.238 e. The molecule has 0 fully saturated rings. The summed E-state index contributed by atoms with van der Waals surface area (Å²) in [6.45, 7) is 6.15. The molecule has 0 saturated heterocycles. The van der Waals surface area contributed by atoms with Crippen LogP contribution in [0.5, 0.6) is 11.5 Å². The van der Waals surface area contributed by atoms with Gasteiger partial charge in [0.15, 0.2) is 11.5 Å². The van der Waals surface area contributed by atoms with Crippen LogP contribution in [-0.4, -0.2) is 25.0 Å². The Kier molecular flexibility index (Phi) is 3.74. The van der Waals surface area contributed by atoms with E-state index in [1.54, 1.807) is 12.1 Å². The number of nitrogens with zero attached hydrogens (tertiary/aromatic N) is 1. The normalized spacial score (nSPS) is 13.4. The molecule has 2 amide bonds. The van der Waals surface area contributed by atoms with Crippen molar-refractivity contribution in [1.29, 1.82) is 0 Å². The molecule has 0 bridgehead atoms. The van der Waals surface area contributed by atoms with Crippen molar-refractivity contribution >= 4 is 17.5 Å². The van der Waals surface area contributed by atoms with Crippen molar-refractivity contribution in [2.75, 3.05) is 18.1 Å². The molecule has 0 aromatic heterocycles. The molecular formula is C14H17NO4. The van der Waals surface area contributed by atoms with E-state index in [9.17, 15) is 9.59 Å². The number of anilines is 1. The molecule has 0 aliphatic carbocycles. The largest absolute Gasteiger partial charge is 0.490 e. The molecule has 19 heavy (non-hydrogen) atoms. The zero-order valence-electron chi connectivity index (χ0n) is 11.4. The van der Waals surface area contributed by atoms with Crippen LogP contribution < -0.4 is 14.4 Å². The lowest BCUT2D eigenvalue weighted by atomic mass is 10.1. The van der Waals surface area contributed by atoms with Crippen LogP contribution in [0.1, 0.15) is 26.3 Å². The average Bonchev–Trinajstić information content (AvgIpc) is 2.65. The van der Waals surface area contributed by atoms with Crippen LogP contribution in [0.3, 0.4) is 0 Å². The first-order valence-corrected chi connectivity index (χ1v) is 6.34. The molecule has 0 radical (unpaired) electrons. The fourth-order valence-electron chi connectivity index (χ4n) is 2.20. The number of fused-ring (bicyclic) bond motifs is 1. The van der Waals surface area contributed by atoms with Gasteiger partial charge in [-0.05, 0) is 25.5 Å². The fourth-order valence-corrected chi connectivity index (χ4v) is 2.20. The number of hydrogen-bond acceptors (Lipinski definition) is 4. The van der Waals surface area contributed by atoms with Crippen molar-refractivity contribution in [2.24, 2.45) is 0 Å². The Labute approximate surface area is 112 Å². The standard InChI is InChI=1S/C14H17NO4/c1-4-18-12-6-10-7-14(17)15(9(3)16)11(10)8-13(12)19-5-2/h6,8H,4-5,7H2,1-3H3. The monoisotopic (exact) mass is 263 g/mol. The third-order valence-electron chi connectivity index (χ3n) is 2.89. The zero-order chi connectivity index (χ0) is 14.0. The van der Waals surface area contributed by atoms with E-state index < -0.39 is 0 Å². The minimum Gasteiger partial charge on any atom is -0.490 e. The van der Waals surface area contributed by atoms with Crippen LogP contribution in [0.4, 0.5) is 5.69 Å². The number of carbonyl (C=O) groups is 2. The molecule has 0 unspecified atom stereocenters. The molecule has 1 aromatic carbocycles. The molecule has 1 aromatic rings. The summed E-state index contributed by atoms with van der Waals surface area (Å²) in [6, 6.07) is 3.49. The number of ether oxygens (including phenoxy) is 2. The third-order valence-corrected chi connectivity index (χ3v) is 2.89. The Morgan fingerprint density at radius 1 is 1.21 bits per heavy atom. The molecule has 0 N–H and O–H groups in total. The van der Waals surface area contributed by atoms with Crippen LogP contribution >= 0.6 is 0 Å².